The van der Waals surface area contributed by atoms with Crippen molar-refractivity contribution in [1.29, 1.82) is 0 Å². The first-order chi connectivity index (χ1) is 13.5. The van der Waals surface area contributed by atoms with Gasteiger partial charge in [0, 0.05) is 39.1 Å². The summed E-state index contributed by atoms with van der Waals surface area (Å²) in [7, 11) is 4.78. The van der Waals surface area contributed by atoms with Crippen LogP contribution in [0.15, 0.2) is 22.7 Å². The minimum absolute atomic E-state index is 0.0691. The lowest BCUT2D eigenvalue weighted by molar-refractivity contribution is 0.0612. The van der Waals surface area contributed by atoms with E-state index in [4.69, 9.17) is 18.7 Å². The van der Waals surface area contributed by atoms with E-state index in [-0.39, 0.29) is 11.3 Å². The first kappa shape index (κ1) is 20.1. The van der Waals surface area contributed by atoms with Crippen molar-refractivity contribution in [3.05, 3.63) is 35.5 Å². The van der Waals surface area contributed by atoms with E-state index in [1.54, 1.807) is 46.5 Å². The molecule has 0 spiro atoms. The molecular formula is C20H27N3O5. The molecule has 2 aromatic rings. The normalized spacial score (nSPS) is 16.1. The van der Waals surface area contributed by atoms with E-state index in [0.717, 1.165) is 19.3 Å². The third-order valence-electron chi connectivity index (χ3n) is 5.43. The molecule has 1 aromatic carbocycles. The summed E-state index contributed by atoms with van der Waals surface area (Å²) in [5.41, 5.74) is 0.255. The van der Waals surface area contributed by atoms with Crippen LogP contribution < -0.4 is 9.47 Å². The van der Waals surface area contributed by atoms with Crippen molar-refractivity contribution >= 4 is 5.91 Å². The summed E-state index contributed by atoms with van der Waals surface area (Å²) in [4.78, 5) is 19.4. The quantitative estimate of drug-likeness (QED) is 0.719. The van der Waals surface area contributed by atoms with Crippen molar-refractivity contribution in [3.63, 3.8) is 0 Å². The maximum atomic E-state index is 13.1. The van der Waals surface area contributed by atoms with Gasteiger partial charge in [0.2, 0.25) is 5.89 Å². The van der Waals surface area contributed by atoms with Crippen LogP contribution in [-0.4, -0.2) is 62.0 Å². The van der Waals surface area contributed by atoms with Crippen molar-refractivity contribution in [2.24, 2.45) is 0 Å². The number of carbonyl (C=O) groups excluding carboxylic acids is 1. The summed E-state index contributed by atoms with van der Waals surface area (Å²) in [6.45, 7) is 3.58. The number of para-hydroxylation sites is 1. The third kappa shape index (κ3) is 3.82. The number of methoxy groups -OCH3 is 3. The summed E-state index contributed by atoms with van der Waals surface area (Å²) in [6, 6.07) is 5.34. The standard InChI is InChI=1S/C20H27N3O5/c1-14-21-19(22-28-14)20(10-13-25-2)8-11-23(12-9-20)18(24)15-6-5-7-16(26-3)17(15)27-4/h5-7H,8-13H2,1-4H3. The highest BCUT2D eigenvalue weighted by Crippen LogP contribution is 2.38. The molecule has 1 fully saturated rings. The van der Waals surface area contributed by atoms with Crippen LogP contribution in [0.5, 0.6) is 11.5 Å². The maximum Gasteiger partial charge on any atom is 0.257 e. The molecule has 2 heterocycles. The lowest BCUT2D eigenvalue weighted by atomic mass is 9.75. The minimum atomic E-state index is -0.247. The monoisotopic (exact) mass is 389 g/mol. The largest absolute Gasteiger partial charge is 0.493 e. The number of piperidine rings is 1. The highest BCUT2D eigenvalue weighted by atomic mass is 16.5. The van der Waals surface area contributed by atoms with Crippen LogP contribution in [0.2, 0.25) is 0 Å². The average molecular weight is 389 g/mol. The number of amides is 1. The molecule has 28 heavy (non-hydrogen) atoms. The summed E-state index contributed by atoms with van der Waals surface area (Å²) < 4.78 is 21.2. The Bertz CT molecular complexity index is 812. The van der Waals surface area contributed by atoms with E-state index < -0.39 is 0 Å². The Hall–Kier alpha value is -2.61. The molecular weight excluding hydrogens is 362 g/mol. The summed E-state index contributed by atoms with van der Waals surface area (Å²) >= 11 is 0. The van der Waals surface area contributed by atoms with Gasteiger partial charge in [-0.15, -0.1) is 0 Å². The summed E-state index contributed by atoms with van der Waals surface area (Å²) in [5, 5.41) is 4.16. The number of aryl methyl sites for hydroxylation is 1. The van der Waals surface area contributed by atoms with Crippen molar-refractivity contribution in [2.75, 3.05) is 41.0 Å². The Kier molecular flexibility index (Phi) is 6.18. The molecule has 1 aliphatic rings. The number of benzene rings is 1. The molecule has 3 rings (SSSR count). The fourth-order valence-corrected chi connectivity index (χ4v) is 3.76. The average Bonchev–Trinajstić information content (AvgIpc) is 3.18. The number of rotatable bonds is 7. The zero-order valence-electron chi connectivity index (χ0n) is 16.9. The smallest absolute Gasteiger partial charge is 0.257 e. The van der Waals surface area contributed by atoms with Crippen molar-refractivity contribution < 1.29 is 23.5 Å². The van der Waals surface area contributed by atoms with Gasteiger partial charge < -0.3 is 23.6 Å². The maximum absolute atomic E-state index is 13.1. The molecule has 0 saturated carbocycles. The van der Waals surface area contributed by atoms with Crippen LogP contribution in [-0.2, 0) is 10.2 Å². The van der Waals surface area contributed by atoms with Crippen LogP contribution in [0.3, 0.4) is 0 Å². The van der Waals surface area contributed by atoms with Gasteiger partial charge in [-0.2, -0.15) is 4.98 Å². The summed E-state index contributed by atoms with van der Waals surface area (Å²) in [5.74, 6) is 2.18. The summed E-state index contributed by atoms with van der Waals surface area (Å²) in [6.07, 6.45) is 2.27. The Morgan fingerprint density at radius 1 is 1.21 bits per heavy atom. The highest BCUT2D eigenvalue weighted by Gasteiger charge is 2.41. The number of likely N-dealkylation sites (tertiary alicyclic amines) is 1. The topological polar surface area (TPSA) is 86.9 Å². The van der Waals surface area contributed by atoms with Crippen LogP contribution >= 0.6 is 0 Å². The Morgan fingerprint density at radius 3 is 2.54 bits per heavy atom. The van der Waals surface area contributed by atoms with E-state index in [1.807, 2.05) is 4.90 Å². The van der Waals surface area contributed by atoms with Gasteiger partial charge in [-0.3, -0.25) is 4.79 Å². The number of ether oxygens (including phenoxy) is 3. The predicted octanol–water partition coefficient (Wildman–Crippen LogP) is 2.61. The zero-order chi connectivity index (χ0) is 20.1. The molecule has 0 atom stereocenters. The van der Waals surface area contributed by atoms with Gasteiger partial charge in [-0.05, 0) is 31.4 Å². The number of hydrogen-bond donors (Lipinski definition) is 0. The van der Waals surface area contributed by atoms with Gasteiger partial charge in [-0.25, -0.2) is 0 Å². The molecule has 0 radical (unpaired) electrons. The Balaban J connectivity index is 1.79. The Labute approximate surface area is 164 Å². The predicted molar refractivity (Wildman–Crippen MR) is 102 cm³/mol. The van der Waals surface area contributed by atoms with E-state index in [9.17, 15) is 4.79 Å². The molecule has 1 aliphatic heterocycles. The van der Waals surface area contributed by atoms with Gasteiger partial charge in [0.1, 0.15) is 0 Å². The Morgan fingerprint density at radius 2 is 1.96 bits per heavy atom. The molecule has 0 bridgehead atoms. The highest BCUT2D eigenvalue weighted by molar-refractivity contribution is 5.97. The fourth-order valence-electron chi connectivity index (χ4n) is 3.76. The number of carbonyl (C=O) groups is 1. The first-order valence-electron chi connectivity index (χ1n) is 9.34. The molecule has 1 amide bonds. The second-order valence-electron chi connectivity index (χ2n) is 6.99. The van der Waals surface area contributed by atoms with Crippen molar-refractivity contribution in [1.82, 2.24) is 15.0 Å². The van der Waals surface area contributed by atoms with Crippen LogP contribution in [0.1, 0.15) is 41.3 Å². The van der Waals surface area contributed by atoms with E-state index in [2.05, 4.69) is 10.1 Å². The van der Waals surface area contributed by atoms with E-state index in [0.29, 0.717) is 48.5 Å². The number of nitrogens with zero attached hydrogens (tertiary/aromatic N) is 3. The molecule has 1 saturated heterocycles. The van der Waals surface area contributed by atoms with Gasteiger partial charge in [0.25, 0.3) is 5.91 Å². The molecule has 152 valence electrons. The molecule has 8 nitrogen and oxygen atoms in total. The fraction of sp³-hybridized carbons (Fsp3) is 0.550. The number of hydrogen-bond acceptors (Lipinski definition) is 7. The van der Waals surface area contributed by atoms with Gasteiger partial charge >= 0.3 is 0 Å². The lowest BCUT2D eigenvalue weighted by Gasteiger charge is -2.40. The SMILES string of the molecule is COCCC1(c2noc(C)n2)CCN(C(=O)c2cccc(OC)c2OC)CC1. The molecule has 0 aliphatic carbocycles. The van der Waals surface area contributed by atoms with E-state index in [1.165, 1.54) is 0 Å². The second-order valence-corrected chi connectivity index (χ2v) is 6.99. The molecule has 0 N–H and O–H groups in total. The van der Waals surface area contributed by atoms with Crippen LogP contribution in [0, 0.1) is 6.92 Å². The van der Waals surface area contributed by atoms with Crippen LogP contribution in [0.4, 0.5) is 0 Å². The molecule has 0 unspecified atom stereocenters. The lowest BCUT2D eigenvalue weighted by Crippen LogP contribution is -2.46. The zero-order valence-corrected chi connectivity index (χ0v) is 16.9. The third-order valence-corrected chi connectivity index (χ3v) is 5.43. The number of aromatic nitrogens is 2. The molecule has 8 heteroatoms. The van der Waals surface area contributed by atoms with Gasteiger partial charge in [0.15, 0.2) is 17.3 Å². The second kappa shape index (κ2) is 8.60. The van der Waals surface area contributed by atoms with Crippen molar-refractivity contribution in [3.8, 4) is 11.5 Å². The van der Waals surface area contributed by atoms with Crippen LogP contribution in [0.25, 0.3) is 0 Å². The molecule has 1 aromatic heterocycles. The van der Waals surface area contributed by atoms with E-state index >= 15 is 0 Å². The van der Waals surface area contributed by atoms with Gasteiger partial charge in [0.05, 0.1) is 19.8 Å². The van der Waals surface area contributed by atoms with Gasteiger partial charge in [-0.1, -0.05) is 11.2 Å². The minimum Gasteiger partial charge on any atom is -0.493 e. The first-order valence-corrected chi connectivity index (χ1v) is 9.34. The van der Waals surface area contributed by atoms with Crippen molar-refractivity contribution in [2.45, 2.75) is 31.6 Å².